The average Bonchev–Trinajstić information content (AvgIpc) is 2.90. The first kappa shape index (κ1) is 15.4. The highest BCUT2D eigenvalue weighted by molar-refractivity contribution is 7.05. The molecule has 1 aromatic heterocycles. The van der Waals surface area contributed by atoms with Crippen molar-refractivity contribution in [3.8, 4) is 0 Å². The third kappa shape index (κ3) is 3.57. The first-order valence-electron chi connectivity index (χ1n) is 7.06. The zero-order valence-corrected chi connectivity index (χ0v) is 13.5. The van der Waals surface area contributed by atoms with E-state index >= 15 is 0 Å². The molecule has 2 rings (SSSR count). The number of hydrogen-bond donors (Lipinski definition) is 1. The second-order valence-corrected chi connectivity index (χ2v) is 5.94. The van der Waals surface area contributed by atoms with E-state index in [1.807, 2.05) is 18.2 Å². The second kappa shape index (κ2) is 7.72. The smallest absolute Gasteiger partial charge is 0.0807 e. The first-order chi connectivity index (χ1) is 9.77. The zero-order chi connectivity index (χ0) is 14.4. The molecule has 0 saturated carbocycles. The van der Waals surface area contributed by atoms with Crippen molar-refractivity contribution in [2.75, 3.05) is 6.54 Å². The molecule has 1 aromatic carbocycles. The quantitative estimate of drug-likeness (QED) is 0.831. The number of nitrogens with one attached hydrogen (secondary N) is 1. The summed E-state index contributed by atoms with van der Waals surface area (Å²) in [5.74, 6) is 0. The summed E-state index contributed by atoms with van der Waals surface area (Å²) in [7, 11) is 0. The summed E-state index contributed by atoms with van der Waals surface area (Å²) in [6.45, 7) is 5.26. The van der Waals surface area contributed by atoms with Gasteiger partial charge in [0.2, 0.25) is 0 Å². The summed E-state index contributed by atoms with van der Waals surface area (Å²) in [6.07, 6.45) is 3.11. The summed E-state index contributed by atoms with van der Waals surface area (Å²) < 4.78 is 4.13. The van der Waals surface area contributed by atoms with E-state index in [4.69, 9.17) is 11.6 Å². The number of halogens is 1. The molecular formula is C15H20ClN3S. The van der Waals surface area contributed by atoms with Gasteiger partial charge in [0.1, 0.15) is 0 Å². The molecule has 0 spiro atoms. The molecule has 0 aliphatic carbocycles. The van der Waals surface area contributed by atoms with Crippen LogP contribution in [0.5, 0.6) is 0 Å². The van der Waals surface area contributed by atoms with E-state index in [0.29, 0.717) is 0 Å². The number of hydrogen-bond acceptors (Lipinski definition) is 4. The van der Waals surface area contributed by atoms with E-state index in [2.05, 4.69) is 34.8 Å². The number of benzene rings is 1. The van der Waals surface area contributed by atoms with Gasteiger partial charge in [-0.1, -0.05) is 54.6 Å². The minimum Gasteiger partial charge on any atom is -0.305 e. The molecule has 1 N–H and O–H groups in total. The van der Waals surface area contributed by atoms with Gasteiger partial charge in [0.05, 0.1) is 16.6 Å². The summed E-state index contributed by atoms with van der Waals surface area (Å²) in [5.41, 5.74) is 2.19. The number of aromatic nitrogens is 2. The zero-order valence-electron chi connectivity index (χ0n) is 11.9. The van der Waals surface area contributed by atoms with Gasteiger partial charge in [-0.25, -0.2) is 0 Å². The van der Waals surface area contributed by atoms with Crippen LogP contribution in [-0.2, 0) is 6.42 Å². The van der Waals surface area contributed by atoms with Crippen LogP contribution >= 0.6 is 23.1 Å². The molecule has 3 nitrogen and oxygen atoms in total. The predicted molar refractivity (Wildman–Crippen MR) is 85.5 cm³/mol. The molecule has 1 unspecified atom stereocenters. The first-order valence-corrected chi connectivity index (χ1v) is 8.22. The van der Waals surface area contributed by atoms with Gasteiger partial charge in [-0.05, 0) is 42.5 Å². The van der Waals surface area contributed by atoms with Crippen LogP contribution < -0.4 is 5.32 Å². The minimum atomic E-state index is 0.0881. The van der Waals surface area contributed by atoms with E-state index in [1.165, 1.54) is 16.4 Å². The van der Waals surface area contributed by atoms with E-state index in [0.717, 1.165) is 42.1 Å². The molecule has 0 bridgehead atoms. The normalized spacial score (nSPS) is 12.6. The van der Waals surface area contributed by atoms with Crippen molar-refractivity contribution in [1.82, 2.24) is 14.9 Å². The Balaban J connectivity index is 2.37. The van der Waals surface area contributed by atoms with Crippen LogP contribution in [0.25, 0.3) is 0 Å². The van der Waals surface area contributed by atoms with Crippen molar-refractivity contribution in [2.45, 2.75) is 39.2 Å². The third-order valence-corrected chi connectivity index (χ3v) is 4.32. The van der Waals surface area contributed by atoms with Crippen LogP contribution in [0.15, 0.2) is 24.3 Å². The predicted octanol–water partition coefficient (Wildman–Crippen LogP) is 4.23. The molecule has 0 fully saturated rings. The fraction of sp³-hybridized carbons (Fsp3) is 0.467. The molecule has 20 heavy (non-hydrogen) atoms. The fourth-order valence-corrected chi connectivity index (χ4v) is 3.22. The molecule has 2 aromatic rings. The lowest BCUT2D eigenvalue weighted by Gasteiger charge is -2.19. The minimum absolute atomic E-state index is 0.0881. The summed E-state index contributed by atoms with van der Waals surface area (Å²) in [6, 6.07) is 8.08. The van der Waals surface area contributed by atoms with Crippen LogP contribution in [-0.4, -0.2) is 16.1 Å². The Morgan fingerprint density at radius 1 is 1.25 bits per heavy atom. The summed E-state index contributed by atoms with van der Waals surface area (Å²) >= 11 is 7.84. The van der Waals surface area contributed by atoms with Gasteiger partial charge < -0.3 is 5.32 Å². The van der Waals surface area contributed by atoms with Crippen molar-refractivity contribution in [1.29, 1.82) is 0 Å². The maximum absolute atomic E-state index is 6.37. The lowest BCUT2D eigenvalue weighted by Crippen LogP contribution is -2.23. The van der Waals surface area contributed by atoms with Gasteiger partial charge in [0.15, 0.2) is 0 Å². The molecule has 0 amide bonds. The summed E-state index contributed by atoms with van der Waals surface area (Å²) in [4.78, 5) is 1.19. The third-order valence-electron chi connectivity index (χ3n) is 3.15. The second-order valence-electron chi connectivity index (χ2n) is 4.74. The number of rotatable bonds is 7. The molecule has 1 heterocycles. The van der Waals surface area contributed by atoms with Gasteiger partial charge in [0, 0.05) is 5.02 Å². The monoisotopic (exact) mass is 309 g/mol. The summed E-state index contributed by atoms with van der Waals surface area (Å²) in [5, 5.41) is 8.64. The lowest BCUT2D eigenvalue weighted by molar-refractivity contribution is 0.599. The van der Waals surface area contributed by atoms with Crippen molar-refractivity contribution in [3.63, 3.8) is 0 Å². The standard InChI is InChI=1S/C15H20ClN3S/c1-3-7-13-15(20-19-18-13)14(17-10-4-2)11-8-5-6-9-12(11)16/h5-6,8-9,14,17H,3-4,7,10H2,1-2H3. The molecule has 1 atom stereocenters. The average molecular weight is 310 g/mol. The molecular weight excluding hydrogens is 290 g/mol. The van der Waals surface area contributed by atoms with Crippen LogP contribution in [0, 0.1) is 0 Å². The highest BCUT2D eigenvalue weighted by Gasteiger charge is 2.22. The molecule has 0 radical (unpaired) electrons. The molecule has 108 valence electrons. The van der Waals surface area contributed by atoms with E-state index < -0.39 is 0 Å². The van der Waals surface area contributed by atoms with Crippen LogP contribution in [0.3, 0.4) is 0 Å². The van der Waals surface area contributed by atoms with Crippen molar-refractivity contribution < 1.29 is 0 Å². The number of aryl methyl sites for hydroxylation is 1. The van der Waals surface area contributed by atoms with Crippen molar-refractivity contribution in [2.24, 2.45) is 0 Å². The largest absolute Gasteiger partial charge is 0.305 e. The van der Waals surface area contributed by atoms with Gasteiger partial charge in [-0.15, -0.1) is 5.10 Å². The van der Waals surface area contributed by atoms with E-state index in [-0.39, 0.29) is 6.04 Å². The Bertz CT molecular complexity index is 541. The van der Waals surface area contributed by atoms with Crippen LogP contribution in [0.2, 0.25) is 5.02 Å². The maximum Gasteiger partial charge on any atom is 0.0807 e. The Kier molecular flexibility index (Phi) is 5.95. The molecule has 0 aliphatic rings. The lowest BCUT2D eigenvalue weighted by atomic mass is 10.0. The Hall–Kier alpha value is -0.970. The molecule has 5 heteroatoms. The van der Waals surface area contributed by atoms with Crippen LogP contribution in [0.1, 0.15) is 48.9 Å². The SMILES string of the molecule is CCCNC(c1ccccc1Cl)c1snnc1CCC. The fourth-order valence-electron chi connectivity index (χ4n) is 2.19. The Labute approximate surface area is 129 Å². The topological polar surface area (TPSA) is 37.8 Å². The van der Waals surface area contributed by atoms with E-state index in [1.54, 1.807) is 0 Å². The highest BCUT2D eigenvalue weighted by atomic mass is 35.5. The van der Waals surface area contributed by atoms with E-state index in [9.17, 15) is 0 Å². The van der Waals surface area contributed by atoms with Crippen molar-refractivity contribution >= 4 is 23.1 Å². The van der Waals surface area contributed by atoms with Gasteiger partial charge in [-0.2, -0.15) is 0 Å². The molecule has 0 aliphatic heterocycles. The van der Waals surface area contributed by atoms with Gasteiger partial charge in [-0.3, -0.25) is 0 Å². The Morgan fingerprint density at radius 2 is 2.05 bits per heavy atom. The Morgan fingerprint density at radius 3 is 2.75 bits per heavy atom. The van der Waals surface area contributed by atoms with Crippen molar-refractivity contribution in [3.05, 3.63) is 45.4 Å². The van der Waals surface area contributed by atoms with Gasteiger partial charge in [0.25, 0.3) is 0 Å². The maximum atomic E-state index is 6.37. The van der Waals surface area contributed by atoms with Crippen LogP contribution in [0.4, 0.5) is 0 Å². The number of nitrogens with zero attached hydrogens (tertiary/aromatic N) is 2. The molecule has 0 saturated heterocycles. The highest BCUT2D eigenvalue weighted by Crippen LogP contribution is 2.32. The van der Waals surface area contributed by atoms with Gasteiger partial charge >= 0.3 is 0 Å².